The van der Waals surface area contributed by atoms with Gasteiger partial charge in [0.2, 0.25) is 11.8 Å². The van der Waals surface area contributed by atoms with Crippen molar-refractivity contribution in [2.75, 3.05) is 17.3 Å². The van der Waals surface area contributed by atoms with Crippen LogP contribution in [0, 0.1) is 12.8 Å². The minimum absolute atomic E-state index is 0.0487. The van der Waals surface area contributed by atoms with Crippen molar-refractivity contribution in [3.8, 4) is 5.75 Å². The molecule has 2 aromatic carbocycles. The largest absolute Gasteiger partial charge is 0.495 e. The van der Waals surface area contributed by atoms with Crippen LogP contribution in [0.1, 0.15) is 22.9 Å². The standard InChI is InChI=1S/C23H22N2O3S/c1-15-9-11-16(12-10-15)25-21(26)14-17(22(25)20-8-5-13-29-20)23(27)24-18-6-3-4-7-19(18)28-2/h3-13,17,22H,14H2,1-2H3,(H,24,27). The van der Waals surface area contributed by atoms with Crippen molar-refractivity contribution in [2.45, 2.75) is 19.4 Å². The maximum absolute atomic E-state index is 13.2. The number of hydrogen-bond donors (Lipinski definition) is 1. The highest BCUT2D eigenvalue weighted by molar-refractivity contribution is 7.10. The molecule has 1 fully saturated rings. The second kappa shape index (κ2) is 8.09. The fourth-order valence-corrected chi connectivity index (χ4v) is 4.62. The first-order chi connectivity index (χ1) is 14.1. The Morgan fingerprint density at radius 1 is 1.10 bits per heavy atom. The van der Waals surface area contributed by atoms with Gasteiger partial charge < -0.3 is 15.0 Å². The van der Waals surface area contributed by atoms with Crippen molar-refractivity contribution < 1.29 is 14.3 Å². The van der Waals surface area contributed by atoms with Gasteiger partial charge >= 0.3 is 0 Å². The van der Waals surface area contributed by atoms with Crippen molar-refractivity contribution in [3.05, 3.63) is 76.5 Å². The van der Waals surface area contributed by atoms with Gasteiger partial charge in [-0.25, -0.2) is 0 Å². The molecule has 148 valence electrons. The van der Waals surface area contributed by atoms with Gasteiger partial charge in [-0.2, -0.15) is 0 Å². The third kappa shape index (κ3) is 3.76. The Morgan fingerprint density at radius 3 is 2.55 bits per heavy atom. The molecular weight excluding hydrogens is 384 g/mol. The minimum Gasteiger partial charge on any atom is -0.495 e. The van der Waals surface area contributed by atoms with Gasteiger partial charge in [0, 0.05) is 17.0 Å². The summed E-state index contributed by atoms with van der Waals surface area (Å²) in [5.41, 5.74) is 2.54. The third-order valence-corrected chi connectivity index (χ3v) is 6.11. The lowest BCUT2D eigenvalue weighted by Gasteiger charge is -2.27. The average Bonchev–Trinajstić information content (AvgIpc) is 3.37. The Labute approximate surface area is 173 Å². The number of rotatable bonds is 5. The number of anilines is 2. The molecule has 6 heteroatoms. The van der Waals surface area contributed by atoms with E-state index >= 15 is 0 Å². The number of thiophene rings is 1. The Kier molecular flexibility index (Phi) is 5.36. The molecular formula is C23H22N2O3S. The predicted molar refractivity (Wildman–Crippen MR) is 115 cm³/mol. The molecule has 2 unspecified atom stereocenters. The number of aryl methyl sites for hydroxylation is 1. The van der Waals surface area contributed by atoms with E-state index < -0.39 is 5.92 Å². The molecule has 0 bridgehead atoms. The lowest BCUT2D eigenvalue weighted by atomic mass is 9.97. The molecule has 1 saturated heterocycles. The van der Waals surface area contributed by atoms with Gasteiger partial charge in [0.1, 0.15) is 5.75 Å². The number of nitrogens with one attached hydrogen (secondary N) is 1. The maximum atomic E-state index is 13.2. The normalized spacial score (nSPS) is 18.7. The van der Waals surface area contributed by atoms with Crippen LogP contribution in [0.15, 0.2) is 66.0 Å². The van der Waals surface area contributed by atoms with Crippen molar-refractivity contribution in [2.24, 2.45) is 5.92 Å². The zero-order valence-electron chi connectivity index (χ0n) is 16.3. The van der Waals surface area contributed by atoms with E-state index in [0.717, 1.165) is 16.1 Å². The van der Waals surface area contributed by atoms with E-state index in [2.05, 4.69) is 5.32 Å². The minimum atomic E-state index is -0.493. The van der Waals surface area contributed by atoms with E-state index in [1.54, 1.807) is 35.5 Å². The molecule has 5 nitrogen and oxygen atoms in total. The number of nitrogens with zero attached hydrogens (tertiary/aromatic N) is 1. The van der Waals surface area contributed by atoms with Crippen molar-refractivity contribution in [3.63, 3.8) is 0 Å². The first kappa shape index (κ1) is 19.2. The topological polar surface area (TPSA) is 58.6 Å². The van der Waals surface area contributed by atoms with Crippen molar-refractivity contribution in [1.82, 2.24) is 0 Å². The van der Waals surface area contributed by atoms with Crippen LogP contribution in [0.5, 0.6) is 5.75 Å². The highest BCUT2D eigenvalue weighted by atomic mass is 32.1. The molecule has 0 radical (unpaired) electrons. The molecule has 1 aromatic heterocycles. The van der Waals surface area contributed by atoms with E-state index in [1.807, 2.05) is 60.8 Å². The second-order valence-electron chi connectivity index (χ2n) is 7.06. The van der Waals surface area contributed by atoms with Crippen LogP contribution in [0.2, 0.25) is 0 Å². The van der Waals surface area contributed by atoms with Crippen molar-refractivity contribution >= 4 is 34.5 Å². The highest BCUT2D eigenvalue weighted by Crippen LogP contribution is 2.43. The first-order valence-electron chi connectivity index (χ1n) is 9.44. The highest BCUT2D eigenvalue weighted by Gasteiger charge is 2.45. The first-order valence-corrected chi connectivity index (χ1v) is 10.3. The molecule has 2 heterocycles. The fourth-order valence-electron chi connectivity index (χ4n) is 3.74. The Bertz CT molecular complexity index is 1010. The van der Waals surface area contributed by atoms with E-state index in [9.17, 15) is 9.59 Å². The number of amides is 2. The summed E-state index contributed by atoms with van der Waals surface area (Å²) >= 11 is 1.56. The van der Waals surface area contributed by atoms with Crippen LogP contribution in [-0.4, -0.2) is 18.9 Å². The lowest BCUT2D eigenvalue weighted by Crippen LogP contribution is -2.32. The van der Waals surface area contributed by atoms with E-state index in [0.29, 0.717) is 11.4 Å². The average molecular weight is 407 g/mol. The molecule has 1 aliphatic rings. The predicted octanol–water partition coefficient (Wildman–Crippen LogP) is 4.80. The van der Waals surface area contributed by atoms with Crippen LogP contribution in [0.25, 0.3) is 0 Å². The number of methoxy groups -OCH3 is 1. The third-order valence-electron chi connectivity index (χ3n) is 5.17. The van der Waals surface area contributed by atoms with Gasteiger partial charge in [0.05, 0.1) is 24.8 Å². The number of benzene rings is 2. The number of hydrogen-bond acceptors (Lipinski definition) is 4. The lowest BCUT2D eigenvalue weighted by molar-refractivity contribution is -0.122. The summed E-state index contributed by atoms with van der Waals surface area (Å²) in [6, 6.07) is 18.7. The number of carbonyl (C=O) groups is 2. The molecule has 1 aliphatic heterocycles. The molecule has 29 heavy (non-hydrogen) atoms. The SMILES string of the molecule is COc1ccccc1NC(=O)C1CC(=O)N(c2ccc(C)cc2)C1c1cccs1. The van der Waals surface area contributed by atoms with Crippen LogP contribution >= 0.6 is 11.3 Å². The van der Waals surface area contributed by atoms with E-state index in [-0.39, 0.29) is 24.3 Å². The monoisotopic (exact) mass is 406 g/mol. The van der Waals surface area contributed by atoms with Gasteiger partial charge in [-0.05, 0) is 42.6 Å². The molecule has 1 N–H and O–H groups in total. The van der Waals surface area contributed by atoms with Crippen LogP contribution in [0.4, 0.5) is 11.4 Å². The molecule has 2 amide bonds. The Balaban J connectivity index is 1.68. The number of ether oxygens (including phenoxy) is 1. The quantitative estimate of drug-likeness (QED) is 0.662. The summed E-state index contributed by atoms with van der Waals surface area (Å²) in [6.07, 6.45) is 0.164. The summed E-state index contributed by atoms with van der Waals surface area (Å²) in [7, 11) is 1.57. The molecule has 0 saturated carbocycles. The summed E-state index contributed by atoms with van der Waals surface area (Å²) in [5.74, 6) is -0.135. The molecule has 4 rings (SSSR count). The Hall–Kier alpha value is -3.12. The smallest absolute Gasteiger partial charge is 0.230 e. The summed E-state index contributed by atoms with van der Waals surface area (Å²) < 4.78 is 5.34. The second-order valence-corrected chi connectivity index (χ2v) is 8.04. The molecule has 0 spiro atoms. The van der Waals surface area contributed by atoms with E-state index in [4.69, 9.17) is 4.74 Å². The van der Waals surface area contributed by atoms with Crippen LogP contribution in [-0.2, 0) is 9.59 Å². The number of para-hydroxylation sites is 2. The van der Waals surface area contributed by atoms with Gasteiger partial charge in [-0.1, -0.05) is 35.9 Å². The molecule has 2 atom stereocenters. The summed E-state index contributed by atoms with van der Waals surface area (Å²) in [5, 5.41) is 4.93. The fraction of sp³-hybridized carbons (Fsp3) is 0.217. The zero-order chi connectivity index (χ0) is 20.4. The van der Waals surface area contributed by atoms with E-state index in [1.165, 1.54) is 0 Å². The van der Waals surface area contributed by atoms with Crippen LogP contribution in [0.3, 0.4) is 0 Å². The molecule has 0 aliphatic carbocycles. The number of carbonyl (C=O) groups excluding carboxylic acids is 2. The zero-order valence-corrected chi connectivity index (χ0v) is 17.1. The van der Waals surface area contributed by atoms with Gasteiger partial charge in [-0.15, -0.1) is 11.3 Å². The summed E-state index contributed by atoms with van der Waals surface area (Å²) in [6.45, 7) is 2.01. The van der Waals surface area contributed by atoms with Crippen molar-refractivity contribution in [1.29, 1.82) is 0 Å². The van der Waals surface area contributed by atoms with Gasteiger partial charge in [-0.3, -0.25) is 9.59 Å². The van der Waals surface area contributed by atoms with Gasteiger partial charge in [0.25, 0.3) is 0 Å². The molecule has 3 aromatic rings. The van der Waals surface area contributed by atoms with Gasteiger partial charge in [0.15, 0.2) is 0 Å². The maximum Gasteiger partial charge on any atom is 0.230 e. The Morgan fingerprint density at radius 2 is 1.86 bits per heavy atom. The van der Waals surface area contributed by atoms with Crippen LogP contribution < -0.4 is 15.0 Å². The summed E-state index contributed by atoms with van der Waals surface area (Å²) in [4.78, 5) is 29.0.